The Labute approximate surface area is 225 Å². The molecule has 0 saturated carbocycles. The first-order valence-corrected chi connectivity index (χ1v) is 13.4. The lowest BCUT2D eigenvalue weighted by molar-refractivity contribution is 0.0977. The molecule has 4 rings (SSSR count). The number of nitrogens with one attached hydrogen (secondary N) is 3. The number of benzene rings is 3. The van der Waals surface area contributed by atoms with Crippen molar-refractivity contribution in [2.24, 2.45) is 0 Å². The van der Waals surface area contributed by atoms with Gasteiger partial charge in [-0.1, -0.05) is 24.3 Å². The Balaban J connectivity index is 1.25. The van der Waals surface area contributed by atoms with Gasteiger partial charge in [-0.3, -0.25) is 10.1 Å². The quantitative estimate of drug-likeness (QED) is 0.186. The minimum atomic E-state index is -3.72. The third kappa shape index (κ3) is 7.90. The minimum absolute atomic E-state index is 0.0408. The lowest BCUT2D eigenvalue weighted by Gasteiger charge is -2.12. The van der Waals surface area contributed by atoms with Crippen LogP contribution >= 0.6 is 12.2 Å². The highest BCUT2D eigenvalue weighted by Crippen LogP contribution is 2.16. The number of sulfonamides is 1. The summed E-state index contributed by atoms with van der Waals surface area (Å²) < 4.78 is 43.8. The molecule has 0 bridgehead atoms. The Morgan fingerprint density at radius 1 is 0.842 bits per heavy atom. The van der Waals surface area contributed by atoms with Crippen LogP contribution in [0.15, 0.2) is 107 Å². The van der Waals surface area contributed by atoms with E-state index in [1.807, 2.05) is 30.3 Å². The van der Waals surface area contributed by atoms with Gasteiger partial charge in [0.1, 0.15) is 30.5 Å². The minimum Gasteiger partial charge on any atom is -0.490 e. The first kappa shape index (κ1) is 26.9. The van der Waals surface area contributed by atoms with E-state index in [-0.39, 0.29) is 16.6 Å². The molecule has 0 radical (unpaired) electrons. The van der Waals surface area contributed by atoms with E-state index in [4.69, 9.17) is 26.1 Å². The van der Waals surface area contributed by atoms with Crippen LogP contribution in [0.25, 0.3) is 0 Å². The molecule has 3 N–H and O–H groups in total. The predicted molar refractivity (Wildman–Crippen MR) is 147 cm³/mol. The van der Waals surface area contributed by atoms with Crippen molar-refractivity contribution in [2.45, 2.75) is 11.4 Å². The molecular weight excluding hydrogens is 526 g/mol. The van der Waals surface area contributed by atoms with Gasteiger partial charge in [-0.15, -0.1) is 0 Å². The van der Waals surface area contributed by atoms with Crippen molar-refractivity contribution in [3.8, 4) is 11.5 Å². The molecule has 196 valence electrons. The fraction of sp³-hybridized carbons (Fsp3) is 0.111. The highest BCUT2D eigenvalue weighted by molar-refractivity contribution is 7.89. The van der Waals surface area contributed by atoms with E-state index in [1.165, 1.54) is 18.4 Å². The van der Waals surface area contributed by atoms with Gasteiger partial charge >= 0.3 is 0 Å². The monoisotopic (exact) mass is 551 g/mol. The molecule has 38 heavy (non-hydrogen) atoms. The van der Waals surface area contributed by atoms with Crippen LogP contribution in [0.4, 0.5) is 5.69 Å². The van der Waals surface area contributed by atoms with Crippen LogP contribution < -0.4 is 24.8 Å². The Kier molecular flexibility index (Phi) is 9.09. The number of anilines is 1. The molecule has 0 saturated heterocycles. The first-order valence-electron chi connectivity index (χ1n) is 11.5. The predicted octanol–water partition coefficient (Wildman–Crippen LogP) is 4.34. The summed E-state index contributed by atoms with van der Waals surface area (Å²) in [7, 11) is -3.72. The molecule has 1 heterocycles. The molecule has 0 fully saturated rings. The number of furan rings is 1. The van der Waals surface area contributed by atoms with Crippen LogP contribution in [0.1, 0.15) is 16.1 Å². The van der Waals surface area contributed by atoms with Gasteiger partial charge in [0.15, 0.2) is 5.11 Å². The van der Waals surface area contributed by atoms with Gasteiger partial charge in [-0.25, -0.2) is 13.1 Å². The fourth-order valence-corrected chi connectivity index (χ4v) is 4.48. The van der Waals surface area contributed by atoms with Gasteiger partial charge < -0.3 is 19.2 Å². The van der Waals surface area contributed by atoms with Crippen molar-refractivity contribution in [2.75, 3.05) is 18.5 Å². The highest BCUT2D eigenvalue weighted by Gasteiger charge is 2.15. The number of amides is 1. The zero-order valence-electron chi connectivity index (χ0n) is 20.1. The van der Waals surface area contributed by atoms with E-state index in [2.05, 4.69) is 15.4 Å². The summed E-state index contributed by atoms with van der Waals surface area (Å²) in [4.78, 5) is 12.7. The summed E-state index contributed by atoms with van der Waals surface area (Å²) in [6.45, 7) is 0.706. The number of ether oxygens (including phenoxy) is 2. The summed E-state index contributed by atoms with van der Waals surface area (Å²) in [5.41, 5.74) is 0.871. The number of hydrogen-bond donors (Lipinski definition) is 3. The largest absolute Gasteiger partial charge is 0.490 e. The third-order valence-corrected chi connectivity index (χ3v) is 6.75. The Hall–Kier alpha value is -4.19. The molecule has 0 spiro atoms. The van der Waals surface area contributed by atoms with Crippen LogP contribution in [0, 0.1) is 0 Å². The molecule has 11 heteroatoms. The van der Waals surface area contributed by atoms with Crippen molar-refractivity contribution in [3.63, 3.8) is 0 Å². The van der Waals surface area contributed by atoms with Crippen LogP contribution in [0.2, 0.25) is 0 Å². The van der Waals surface area contributed by atoms with Gasteiger partial charge in [0.05, 0.1) is 17.7 Å². The molecule has 0 atom stereocenters. The summed E-state index contributed by atoms with van der Waals surface area (Å²) in [5.74, 6) is 1.35. The maximum Gasteiger partial charge on any atom is 0.257 e. The number of para-hydroxylation sites is 1. The Morgan fingerprint density at radius 2 is 1.55 bits per heavy atom. The standard InChI is InChI=1S/C27H25N3O6S2/c31-26(20-6-4-9-23(18-20)36-17-16-35-22-7-2-1-3-8-22)30-27(37)29-21-11-13-25(14-12-21)38(32,33)28-19-24-10-5-15-34-24/h1-15,18,28H,16-17,19H2,(H2,29,30,31,37). The van der Waals surface area contributed by atoms with E-state index in [0.717, 1.165) is 5.75 Å². The van der Waals surface area contributed by atoms with Gasteiger partial charge in [0.25, 0.3) is 5.91 Å². The number of thiocarbonyl (C=S) groups is 1. The molecule has 3 aromatic carbocycles. The molecule has 0 unspecified atom stereocenters. The van der Waals surface area contributed by atoms with Gasteiger partial charge in [-0.05, 0) is 78.9 Å². The van der Waals surface area contributed by atoms with Crippen LogP contribution in [-0.2, 0) is 16.6 Å². The van der Waals surface area contributed by atoms with Gasteiger partial charge in [0, 0.05) is 11.3 Å². The number of rotatable bonds is 11. The van der Waals surface area contributed by atoms with E-state index in [0.29, 0.717) is 36.0 Å². The van der Waals surface area contributed by atoms with E-state index in [9.17, 15) is 13.2 Å². The Bertz CT molecular complexity index is 1460. The Morgan fingerprint density at radius 3 is 2.26 bits per heavy atom. The molecule has 0 aliphatic rings. The van der Waals surface area contributed by atoms with Crippen LogP contribution in [0.3, 0.4) is 0 Å². The maximum absolute atomic E-state index is 12.7. The van der Waals surface area contributed by atoms with E-state index >= 15 is 0 Å². The summed E-state index contributed by atoms with van der Waals surface area (Å²) in [6, 6.07) is 25.4. The average molecular weight is 552 g/mol. The maximum atomic E-state index is 12.7. The lowest BCUT2D eigenvalue weighted by Crippen LogP contribution is -2.34. The molecular formula is C27H25N3O6S2. The van der Waals surface area contributed by atoms with Crippen molar-refractivity contribution in [3.05, 3.63) is 109 Å². The number of hydrogen-bond acceptors (Lipinski definition) is 7. The molecule has 4 aromatic rings. The summed E-state index contributed by atoms with van der Waals surface area (Å²) >= 11 is 5.24. The molecule has 0 aliphatic carbocycles. The normalized spacial score (nSPS) is 10.9. The van der Waals surface area contributed by atoms with Gasteiger partial charge in [0.2, 0.25) is 10.0 Å². The molecule has 1 aromatic heterocycles. The van der Waals surface area contributed by atoms with E-state index in [1.54, 1.807) is 48.5 Å². The van der Waals surface area contributed by atoms with Crippen LogP contribution in [-0.4, -0.2) is 32.7 Å². The second-order valence-corrected chi connectivity index (χ2v) is 10.0. The van der Waals surface area contributed by atoms with Crippen molar-refractivity contribution >= 4 is 38.9 Å². The molecule has 0 aliphatic heterocycles. The second kappa shape index (κ2) is 12.9. The highest BCUT2D eigenvalue weighted by atomic mass is 32.2. The van der Waals surface area contributed by atoms with Crippen LogP contribution in [0.5, 0.6) is 11.5 Å². The van der Waals surface area contributed by atoms with Crippen molar-refractivity contribution in [1.29, 1.82) is 0 Å². The van der Waals surface area contributed by atoms with E-state index < -0.39 is 15.9 Å². The lowest BCUT2D eigenvalue weighted by atomic mass is 10.2. The topological polar surface area (TPSA) is 119 Å². The molecule has 9 nitrogen and oxygen atoms in total. The molecule has 1 amide bonds. The summed E-state index contributed by atoms with van der Waals surface area (Å²) in [6.07, 6.45) is 1.47. The first-order chi connectivity index (χ1) is 18.4. The second-order valence-electron chi connectivity index (χ2n) is 7.87. The summed E-state index contributed by atoms with van der Waals surface area (Å²) in [5, 5.41) is 5.53. The van der Waals surface area contributed by atoms with Gasteiger partial charge in [-0.2, -0.15) is 0 Å². The zero-order chi connectivity index (χ0) is 26.8. The number of carbonyl (C=O) groups excluding carboxylic acids is 1. The third-order valence-electron chi connectivity index (χ3n) is 5.13. The smallest absolute Gasteiger partial charge is 0.257 e. The zero-order valence-corrected chi connectivity index (χ0v) is 21.8. The van der Waals surface area contributed by atoms with Crippen molar-refractivity contribution < 1.29 is 27.1 Å². The average Bonchev–Trinajstić information content (AvgIpc) is 3.45. The SMILES string of the molecule is O=C(NC(=S)Nc1ccc(S(=O)(=O)NCc2ccco2)cc1)c1cccc(OCCOc2ccccc2)c1. The number of carbonyl (C=O) groups is 1. The fourth-order valence-electron chi connectivity index (χ4n) is 3.28. The van der Waals surface area contributed by atoms with Crippen molar-refractivity contribution in [1.82, 2.24) is 10.0 Å².